The van der Waals surface area contributed by atoms with Crippen LogP contribution in [0.1, 0.15) is 5.56 Å². The largest absolute Gasteiger partial charge is 0.324 e. The van der Waals surface area contributed by atoms with Crippen LogP contribution in [0, 0.1) is 6.92 Å². The van der Waals surface area contributed by atoms with Gasteiger partial charge in [-0.3, -0.25) is 5.32 Å². The zero-order valence-corrected chi connectivity index (χ0v) is 12.7. The maximum atomic E-state index is 12.0. The fourth-order valence-corrected chi connectivity index (χ4v) is 2.53. The minimum Gasteiger partial charge on any atom is -0.324 e. The third-order valence-corrected chi connectivity index (χ3v) is 4.17. The van der Waals surface area contributed by atoms with Gasteiger partial charge in [0.15, 0.2) is 0 Å². The number of nitrogens with one attached hydrogen (secondary N) is 3. The third kappa shape index (κ3) is 4.54. The highest BCUT2D eigenvalue weighted by Crippen LogP contribution is 2.09. The fourth-order valence-electron chi connectivity index (χ4n) is 1.61. The summed E-state index contributed by atoms with van der Waals surface area (Å²) in [6.07, 6.45) is 1.54. The highest BCUT2D eigenvalue weighted by Gasteiger charge is 2.13. The number of hydrogen-bond donors (Lipinski definition) is 3. The van der Waals surface area contributed by atoms with Gasteiger partial charge in [-0.2, -0.15) is 4.72 Å². The first-order valence-electron chi connectivity index (χ1n) is 6.49. The Kier molecular flexibility index (Phi) is 5.08. The maximum Gasteiger partial charge on any atom is 0.321 e. The highest BCUT2D eigenvalue weighted by molar-refractivity contribution is 7.89. The molecular weight excluding hydrogens is 304 g/mol. The molecule has 0 aliphatic rings. The zero-order chi connectivity index (χ0) is 16.0. The van der Waals surface area contributed by atoms with Crippen molar-refractivity contribution in [2.75, 3.05) is 12.0 Å². The third-order valence-electron chi connectivity index (χ3n) is 2.75. The summed E-state index contributed by atoms with van der Waals surface area (Å²) >= 11 is 0. The van der Waals surface area contributed by atoms with Gasteiger partial charge in [0.05, 0.1) is 11.6 Å². The summed E-state index contributed by atoms with van der Waals surface area (Å²) in [4.78, 5) is 15.6. The van der Waals surface area contributed by atoms with Crippen molar-refractivity contribution in [1.29, 1.82) is 0 Å². The Labute approximate surface area is 128 Å². The molecule has 0 radical (unpaired) electrons. The Morgan fingerprint density at radius 3 is 2.50 bits per heavy atom. The van der Waals surface area contributed by atoms with E-state index in [9.17, 15) is 13.2 Å². The van der Waals surface area contributed by atoms with Crippen molar-refractivity contribution in [2.45, 2.75) is 11.8 Å². The van der Waals surface area contributed by atoms with Crippen LogP contribution in [-0.2, 0) is 10.0 Å². The van der Waals surface area contributed by atoms with Crippen molar-refractivity contribution >= 4 is 21.9 Å². The molecule has 7 nitrogen and oxygen atoms in total. The molecule has 1 heterocycles. The highest BCUT2D eigenvalue weighted by atomic mass is 32.2. The van der Waals surface area contributed by atoms with E-state index in [0.29, 0.717) is 5.82 Å². The normalized spacial score (nSPS) is 11.0. The van der Waals surface area contributed by atoms with Gasteiger partial charge in [-0.15, -0.1) is 0 Å². The van der Waals surface area contributed by atoms with Gasteiger partial charge >= 0.3 is 6.03 Å². The van der Waals surface area contributed by atoms with E-state index in [1.54, 1.807) is 30.3 Å². The van der Waals surface area contributed by atoms with Gasteiger partial charge in [0.1, 0.15) is 5.82 Å². The van der Waals surface area contributed by atoms with Crippen LogP contribution in [0.4, 0.5) is 10.6 Å². The Balaban J connectivity index is 1.85. The molecular formula is C14H16N4O3S. The number of aromatic nitrogens is 1. The van der Waals surface area contributed by atoms with Crippen LogP contribution in [-0.4, -0.2) is 26.1 Å². The van der Waals surface area contributed by atoms with Crippen molar-refractivity contribution in [1.82, 2.24) is 15.0 Å². The molecule has 0 aliphatic carbocycles. The van der Waals surface area contributed by atoms with Gasteiger partial charge in [-0.05, 0) is 31.2 Å². The first kappa shape index (κ1) is 15.9. The smallest absolute Gasteiger partial charge is 0.321 e. The van der Waals surface area contributed by atoms with Crippen LogP contribution in [0.15, 0.2) is 53.6 Å². The number of carbonyl (C=O) groups excluding carboxylic acids is 1. The average Bonchev–Trinajstić information content (AvgIpc) is 2.48. The van der Waals surface area contributed by atoms with Gasteiger partial charge in [0.2, 0.25) is 10.0 Å². The Morgan fingerprint density at radius 2 is 1.86 bits per heavy atom. The second kappa shape index (κ2) is 7.01. The fraction of sp³-hybridized carbons (Fsp3) is 0.143. The predicted octanol–water partition coefficient (Wildman–Crippen LogP) is 1.45. The van der Waals surface area contributed by atoms with E-state index in [0.717, 1.165) is 5.56 Å². The average molecular weight is 320 g/mol. The summed E-state index contributed by atoms with van der Waals surface area (Å²) in [5, 5.41) is 4.87. The lowest BCUT2D eigenvalue weighted by atomic mass is 10.2. The zero-order valence-electron chi connectivity index (χ0n) is 11.9. The van der Waals surface area contributed by atoms with Crippen molar-refractivity contribution in [2.24, 2.45) is 0 Å². The van der Waals surface area contributed by atoms with Crippen molar-refractivity contribution in [3.8, 4) is 0 Å². The van der Waals surface area contributed by atoms with Crippen LogP contribution in [0.25, 0.3) is 0 Å². The molecule has 0 atom stereocenters. The van der Waals surface area contributed by atoms with Gasteiger partial charge in [-0.25, -0.2) is 18.2 Å². The van der Waals surface area contributed by atoms with E-state index in [2.05, 4.69) is 20.3 Å². The molecule has 3 N–H and O–H groups in total. The summed E-state index contributed by atoms with van der Waals surface area (Å²) in [7, 11) is -3.65. The Morgan fingerprint density at radius 1 is 1.14 bits per heavy atom. The molecule has 0 saturated heterocycles. The molecule has 0 aliphatic heterocycles. The molecule has 0 unspecified atom stereocenters. The van der Waals surface area contributed by atoms with Gasteiger partial charge < -0.3 is 5.32 Å². The Hall–Kier alpha value is -2.45. The minimum absolute atomic E-state index is 0.144. The number of benzene rings is 1. The summed E-state index contributed by atoms with van der Waals surface area (Å²) in [5.74, 6) is 0.376. The molecule has 0 fully saturated rings. The number of aryl methyl sites for hydroxylation is 1. The van der Waals surface area contributed by atoms with E-state index in [4.69, 9.17) is 0 Å². The Bertz CT molecular complexity index is 730. The number of sulfonamides is 1. The lowest BCUT2D eigenvalue weighted by molar-refractivity contribution is 0.252. The van der Waals surface area contributed by atoms with E-state index in [-0.39, 0.29) is 11.6 Å². The molecule has 2 amide bonds. The molecule has 0 saturated carbocycles. The quantitative estimate of drug-likeness (QED) is 0.726. The standard InChI is InChI=1S/C14H16N4O3S/c1-11-5-7-12(8-6-11)22(20,21)17-10-16-14(19)18-13-4-2-3-9-15-13/h2-9,17H,10H2,1H3,(H2,15,16,18,19). The number of carbonyl (C=O) groups is 1. The van der Waals surface area contributed by atoms with Gasteiger partial charge in [0.25, 0.3) is 0 Å². The van der Waals surface area contributed by atoms with Crippen LogP contribution in [0.2, 0.25) is 0 Å². The number of nitrogens with zero attached hydrogens (tertiary/aromatic N) is 1. The van der Waals surface area contributed by atoms with Gasteiger partial charge in [-0.1, -0.05) is 23.8 Å². The van der Waals surface area contributed by atoms with Crippen LogP contribution in [0.3, 0.4) is 0 Å². The molecule has 1 aromatic carbocycles. The number of anilines is 1. The molecule has 116 valence electrons. The lowest BCUT2D eigenvalue weighted by Gasteiger charge is -2.09. The van der Waals surface area contributed by atoms with E-state index < -0.39 is 16.1 Å². The molecule has 0 spiro atoms. The second-order valence-corrected chi connectivity index (χ2v) is 6.25. The van der Waals surface area contributed by atoms with Crippen LogP contribution < -0.4 is 15.4 Å². The number of hydrogen-bond acceptors (Lipinski definition) is 4. The van der Waals surface area contributed by atoms with Crippen LogP contribution in [0.5, 0.6) is 0 Å². The number of rotatable bonds is 5. The molecule has 2 rings (SSSR count). The minimum atomic E-state index is -3.65. The summed E-state index contributed by atoms with van der Waals surface area (Å²) < 4.78 is 26.3. The summed E-state index contributed by atoms with van der Waals surface area (Å²) in [6, 6.07) is 10.9. The SMILES string of the molecule is Cc1ccc(S(=O)(=O)NCNC(=O)Nc2ccccn2)cc1. The maximum absolute atomic E-state index is 12.0. The number of amides is 2. The molecule has 8 heteroatoms. The molecule has 2 aromatic rings. The van der Waals surface area contributed by atoms with E-state index in [1.807, 2.05) is 6.92 Å². The predicted molar refractivity (Wildman–Crippen MR) is 82.8 cm³/mol. The van der Waals surface area contributed by atoms with Crippen LogP contribution >= 0.6 is 0 Å². The first-order chi connectivity index (χ1) is 10.5. The monoisotopic (exact) mass is 320 g/mol. The number of urea groups is 1. The lowest BCUT2D eigenvalue weighted by Crippen LogP contribution is -2.39. The van der Waals surface area contributed by atoms with Gasteiger partial charge in [0, 0.05) is 6.20 Å². The van der Waals surface area contributed by atoms with Crippen molar-refractivity contribution in [3.05, 3.63) is 54.2 Å². The molecule has 22 heavy (non-hydrogen) atoms. The molecule has 1 aromatic heterocycles. The van der Waals surface area contributed by atoms with E-state index in [1.165, 1.54) is 18.3 Å². The van der Waals surface area contributed by atoms with Crippen molar-refractivity contribution in [3.63, 3.8) is 0 Å². The van der Waals surface area contributed by atoms with E-state index >= 15 is 0 Å². The summed E-state index contributed by atoms with van der Waals surface area (Å²) in [6.45, 7) is 1.64. The molecule has 0 bridgehead atoms. The van der Waals surface area contributed by atoms with Crippen molar-refractivity contribution < 1.29 is 13.2 Å². The topological polar surface area (TPSA) is 100 Å². The second-order valence-electron chi connectivity index (χ2n) is 4.48. The number of pyridine rings is 1. The summed E-state index contributed by atoms with van der Waals surface area (Å²) in [5.41, 5.74) is 0.965. The first-order valence-corrected chi connectivity index (χ1v) is 7.98.